The largest absolute Gasteiger partial charge is 0.164 e. The van der Waals surface area contributed by atoms with E-state index in [1.807, 2.05) is 0 Å². The third kappa shape index (κ3) is 2.05. The first-order chi connectivity index (χ1) is 11.8. The number of rotatable bonds is 4. The molecule has 0 nitrogen and oxygen atoms in total. The predicted molar refractivity (Wildman–Crippen MR) is 107 cm³/mol. The van der Waals surface area contributed by atoms with Crippen molar-refractivity contribution < 1.29 is 0 Å². The zero-order valence-electron chi connectivity index (χ0n) is 13.7. The third-order valence-corrected chi connectivity index (χ3v) is 9.13. The highest BCUT2D eigenvalue weighted by molar-refractivity contribution is 7.09. The number of benzene rings is 3. The minimum atomic E-state index is -2.16. The normalized spacial score (nSPS) is 12.3. The Morgan fingerprint density at radius 1 is 0.708 bits per heavy atom. The second kappa shape index (κ2) is 5.77. The van der Waals surface area contributed by atoms with Gasteiger partial charge in [-0.2, -0.15) is 0 Å². The Kier molecular flexibility index (Phi) is 3.59. The van der Waals surface area contributed by atoms with Crippen LogP contribution in [0.1, 0.15) is 11.1 Å². The van der Waals surface area contributed by atoms with Crippen LogP contribution in [-0.4, -0.2) is 8.07 Å². The first kappa shape index (κ1) is 14.9. The van der Waals surface area contributed by atoms with Gasteiger partial charge in [0.05, 0.1) is 0 Å². The van der Waals surface area contributed by atoms with Crippen LogP contribution in [0, 0.1) is 0 Å². The van der Waals surface area contributed by atoms with E-state index in [0.29, 0.717) is 0 Å². The molecule has 0 spiro atoms. The van der Waals surface area contributed by atoms with Gasteiger partial charge >= 0.3 is 0 Å². The molecular weight excluding hydrogens is 304 g/mol. The second-order valence-corrected chi connectivity index (χ2v) is 9.98. The van der Waals surface area contributed by atoms with E-state index in [9.17, 15) is 0 Å². The van der Waals surface area contributed by atoms with Crippen molar-refractivity contribution in [2.24, 2.45) is 0 Å². The summed E-state index contributed by atoms with van der Waals surface area (Å²) in [5.74, 6) is 0. The van der Waals surface area contributed by atoms with Gasteiger partial charge in [0, 0.05) is 0 Å². The SMILES string of the molecule is C=C[Si](C=C)(c1ccccc1)c1cccc2c1Cc1ccccc1-2. The molecule has 0 aromatic heterocycles. The summed E-state index contributed by atoms with van der Waals surface area (Å²) in [6.45, 7) is 8.44. The highest BCUT2D eigenvalue weighted by atomic mass is 28.3. The van der Waals surface area contributed by atoms with Crippen LogP contribution < -0.4 is 10.4 Å². The lowest BCUT2D eigenvalue weighted by molar-refractivity contribution is 1.28. The van der Waals surface area contributed by atoms with Crippen LogP contribution in [0.3, 0.4) is 0 Å². The van der Waals surface area contributed by atoms with Crippen molar-refractivity contribution in [1.82, 2.24) is 0 Å². The maximum absolute atomic E-state index is 4.22. The monoisotopic (exact) mass is 324 g/mol. The Labute approximate surface area is 144 Å². The Balaban J connectivity index is 1.97. The van der Waals surface area contributed by atoms with Crippen molar-refractivity contribution in [3.63, 3.8) is 0 Å². The average molecular weight is 324 g/mol. The smallest absolute Gasteiger partial charge is 0.106 e. The van der Waals surface area contributed by atoms with Gasteiger partial charge in [-0.15, -0.1) is 13.2 Å². The molecule has 1 aliphatic rings. The Bertz CT molecular complexity index is 914. The van der Waals surface area contributed by atoms with E-state index in [2.05, 4.69) is 97.4 Å². The predicted octanol–water partition coefficient (Wildman–Crippen LogP) is 4.27. The fourth-order valence-electron chi connectivity index (χ4n) is 3.95. The van der Waals surface area contributed by atoms with Gasteiger partial charge in [-0.25, -0.2) is 0 Å². The first-order valence-electron chi connectivity index (χ1n) is 8.33. The van der Waals surface area contributed by atoms with E-state index in [1.54, 1.807) is 0 Å². The molecule has 24 heavy (non-hydrogen) atoms. The molecule has 0 saturated heterocycles. The quantitative estimate of drug-likeness (QED) is 0.492. The Morgan fingerprint density at radius 2 is 1.38 bits per heavy atom. The Morgan fingerprint density at radius 3 is 2.12 bits per heavy atom. The molecule has 0 saturated carbocycles. The maximum Gasteiger partial charge on any atom is 0.164 e. The molecule has 0 fully saturated rings. The zero-order valence-corrected chi connectivity index (χ0v) is 14.7. The highest BCUT2D eigenvalue weighted by Gasteiger charge is 2.35. The summed E-state index contributed by atoms with van der Waals surface area (Å²) in [5, 5.41) is 2.77. The lowest BCUT2D eigenvalue weighted by Crippen LogP contribution is -2.56. The second-order valence-electron chi connectivity index (χ2n) is 6.31. The standard InChI is InChI=1S/C23H20Si/c1-3-24(4-2,19-12-6-5-7-13-19)23-16-10-15-21-20-14-9-8-11-18(20)17-22(21)23/h3-16H,1-2,17H2. The average Bonchev–Trinajstić information content (AvgIpc) is 3.04. The van der Waals surface area contributed by atoms with Crippen LogP contribution in [0.2, 0.25) is 0 Å². The number of hydrogen-bond acceptors (Lipinski definition) is 0. The molecule has 0 aliphatic heterocycles. The molecule has 3 aromatic carbocycles. The molecule has 0 amide bonds. The zero-order chi connectivity index (χ0) is 16.6. The minimum Gasteiger partial charge on any atom is -0.106 e. The summed E-state index contributed by atoms with van der Waals surface area (Å²) in [6, 6.07) is 26.2. The van der Waals surface area contributed by atoms with Crippen LogP contribution in [0.15, 0.2) is 97.4 Å². The van der Waals surface area contributed by atoms with E-state index >= 15 is 0 Å². The van der Waals surface area contributed by atoms with Gasteiger partial charge in [-0.1, -0.05) is 84.2 Å². The molecule has 0 atom stereocenters. The molecule has 0 N–H and O–H groups in total. The molecule has 1 aliphatic carbocycles. The number of fused-ring (bicyclic) bond motifs is 3. The van der Waals surface area contributed by atoms with Gasteiger partial charge < -0.3 is 0 Å². The van der Waals surface area contributed by atoms with E-state index in [0.717, 1.165) is 6.42 Å². The Hall–Kier alpha value is -2.64. The van der Waals surface area contributed by atoms with Crippen LogP contribution in [0.5, 0.6) is 0 Å². The minimum absolute atomic E-state index is 1.00. The fourth-order valence-corrected chi connectivity index (χ4v) is 7.18. The lowest BCUT2D eigenvalue weighted by Gasteiger charge is -2.28. The molecule has 0 bridgehead atoms. The van der Waals surface area contributed by atoms with E-state index in [-0.39, 0.29) is 0 Å². The summed E-state index contributed by atoms with van der Waals surface area (Å²) in [5.41, 5.74) is 9.94. The van der Waals surface area contributed by atoms with Gasteiger partial charge in [0.25, 0.3) is 0 Å². The molecule has 1 heteroatoms. The third-order valence-electron chi connectivity index (χ3n) is 5.19. The van der Waals surface area contributed by atoms with E-state index in [1.165, 1.54) is 32.6 Å². The van der Waals surface area contributed by atoms with Gasteiger partial charge in [0.1, 0.15) is 0 Å². The van der Waals surface area contributed by atoms with Crippen LogP contribution >= 0.6 is 0 Å². The summed E-state index contributed by atoms with van der Waals surface area (Å²) in [6.07, 6.45) is 1.00. The topological polar surface area (TPSA) is 0 Å². The van der Waals surface area contributed by atoms with Crippen LogP contribution in [-0.2, 0) is 6.42 Å². The number of hydrogen-bond donors (Lipinski definition) is 0. The molecule has 0 unspecified atom stereocenters. The summed E-state index contributed by atoms with van der Waals surface area (Å²) >= 11 is 0. The lowest BCUT2D eigenvalue weighted by atomic mass is 10.1. The molecular formula is C23H20Si. The fraction of sp³-hybridized carbons (Fsp3) is 0.0435. The summed E-state index contributed by atoms with van der Waals surface area (Å²) in [4.78, 5) is 0. The van der Waals surface area contributed by atoms with E-state index in [4.69, 9.17) is 0 Å². The van der Waals surface area contributed by atoms with Crippen molar-refractivity contribution in [2.75, 3.05) is 0 Å². The van der Waals surface area contributed by atoms with Gasteiger partial charge in [-0.05, 0) is 39.0 Å². The van der Waals surface area contributed by atoms with Crippen molar-refractivity contribution in [3.8, 4) is 11.1 Å². The van der Waals surface area contributed by atoms with Crippen molar-refractivity contribution in [1.29, 1.82) is 0 Å². The highest BCUT2D eigenvalue weighted by Crippen LogP contribution is 2.36. The molecule has 116 valence electrons. The van der Waals surface area contributed by atoms with Crippen LogP contribution in [0.4, 0.5) is 0 Å². The van der Waals surface area contributed by atoms with Gasteiger partial charge in [-0.3, -0.25) is 0 Å². The molecule has 0 heterocycles. The van der Waals surface area contributed by atoms with Crippen LogP contribution in [0.25, 0.3) is 11.1 Å². The molecule has 4 rings (SSSR count). The van der Waals surface area contributed by atoms with Crippen molar-refractivity contribution in [2.45, 2.75) is 6.42 Å². The first-order valence-corrected chi connectivity index (χ1v) is 10.5. The molecule has 0 radical (unpaired) electrons. The van der Waals surface area contributed by atoms with E-state index < -0.39 is 8.07 Å². The molecule has 3 aromatic rings. The van der Waals surface area contributed by atoms with Crippen molar-refractivity contribution in [3.05, 3.63) is 108 Å². The maximum atomic E-state index is 4.22. The van der Waals surface area contributed by atoms with Gasteiger partial charge in [0.2, 0.25) is 0 Å². The summed E-state index contributed by atoms with van der Waals surface area (Å²) < 4.78 is 0. The van der Waals surface area contributed by atoms with Gasteiger partial charge in [0.15, 0.2) is 8.07 Å². The van der Waals surface area contributed by atoms with Crippen molar-refractivity contribution >= 4 is 18.4 Å². The summed E-state index contributed by atoms with van der Waals surface area (Å²) in [7, 11) is -2.16.